The van der Waals surface area contributed by atoms with Gasteiger partial charge in [0, 0.05) is 17.3 Å². The predicted molar refractivity (Wildman–Crippen MR) is 106 cm³/mol. The molecule has 0 aliphatic heterocycles. The zero-order chi connectivity index (χ0) is 19.5. The van der Waals surface area contributed by atoms with Crippen LogP contribution in [0.4, 0.5) is 5.69 Å². The van der Waals surface area contributed by atoms with Crippen molar-refractivity contribution in [3.63, 3.8) is 0 Å². The fourth-order valence-electron chi connectivity index (χ4n) is 3.31. The second kappa shape index (κ2) is 8.30. The number of amides is 2. The highest BCUT2D eigenvalue weighted by Gasteiger charge is 2.29. The molecule has 2 saturated carbocycles. The quantitative estimate of drug-likeness (QED) is 0.693. The van der Waals surface area contributed by atoms with E-state index in [1.165, 1.54) is 24.6 Å². The van der Waals surface area contributed by atoms with Gasteiger partial charge in [-0.3, -0.25) is 9.59 Å². The molecule has 9 heteroatoms. The van der Waals surface area contributed by atoms with Gasteiger partial charge in [-0.1, -0.05) is 24.6 Å². The van der Waals surface area contributed by atoms with Gasteiger partial charge >= 0.3 is 0 Å². The average Bonchev–Trinajstić information content (AvgIpc) is 3.20. The van der Waals surface area contributed by atoms with Crippen LogP contribution < -0.4 is 10.6 Å². The standard InChI is InChI=1S/C19H24N6O2S/c1-12(28-19-22-23-24-25(19)16-10-11-16)17(26)20-15-8-6-13(7-9-15)18(27)21-14-4-2-3-5-14/h6-9,12,14,16H,2-5,10-11H2,1H3,(H,20,26)(H,21,27). The smallest absolute Gasteiger partial charge is 0.251 e. The number of hydrogen-bond acceptors (Lipinski definition) is 6. The van der Waals surface area contributed by atoms with E-state index in [0.717, 1.165) is 25.7 Å². The number of benzene rings is 1. The number of carbonyl (C=O) groups excluding carboxylic acids is 2. The Morgan fingerprint density at radius 1 is 1.14 bits per heavy atom. The van der Waals surface area contributed by atoms with E-state index >= 15 is 0 Å². The molecule has 0 spiro atoms. The second-order valence-corrected chi connectivity index (χ2v) is 8.73. The van der Waals surface area contributed by atoms with Gasteiger partial charge in [-0.2, -0.15) is 0 Å². The summed E-state index contributed by atoms with van der Waals surface area (Å²) in [4.78, 5) is 24.8. The number of anilines is 1. The maximum absolute atomic E-state index is 12.5. The molecule has 2 fully saturated rings. The van der Waals surface area contributed by atoms with Gasteiger partial charge in [0.2, 0.25) is 11.1 Å². The Kier molecular flexibility index (Phi) is 5.61. The predicted octanol–water partition coefficient (Wildman–Crippen LogP) is 2.80. The topological polar surface area (TPSA) is 102 Å². The first-order valence-corrected chi connectivity index (χ1v) is 10.6. The molecule has 1 atom stereocenters. The van der Waals surface area contributed by atoms with Crippen molar-refractivity contribution in [3.05, 3.63) is 29.8 Å². The molecular weight excluding hydrogens is 376 g/mol. The summed E-state index contributed by atoms with van der Waals surface area (Å²) in [5.74, 6) is -0.181. The largest absolute Gasteiger partial charge is 0.349 e. The Hall–Kier alpha value is -2.42. The van der Waals surface area contributed by atoms with Crippen molar-refractivity contribution in [2.45, 2.75) is 67.9 Å². The van der Waals surface area contributed by atoms with E-state index in [2.05, 4.69) is 26.2 Å². The summed E-state index contributed by atoms with van der Waals surface area (Å²) >= 11 is 1.35. The lowest BCUT2D eigenvalue weighted by atomic mass is 10.1. The Labute approximate surface area is 167 Å². The fraction of sp³-hybridized carbons (Fsp3) is 0.526. The van der Waals surface area contributed by atoms with Gasteiger partial charge in [-0.05, 0) is 67.3 Å². The molecule has 1 aromatic carbocycles. The van der Waals surface area contributed by atoms with Crippen LogP contribution in [0.1, 0.15) is 61.8 Å². The zero-order valence-corrected chi connectivity index (χ0v) is 16.6. The van der Waals surface area contributed by atoms with Crippen LogP contribution in [-0.2, 0) is 4.79 Å². The molecule has 148 valence electrons. The lowest BCUT2D eigenvalue weighted by Crippen LogP contribution is -2.32. The molecule has 1 unspecified atom stereocenters. The first-order chi connectivity index (χ1) is 13.6. The summed E-state index contributed by atoms with van der Waals surface area (Å²) in [6.07, 6.45) is 6.64. The Bertz CT molecular complexity index is 842. The van der Waals surface area contributed by atoms with Crippen molar-refractivity contribution < 1.29 is 9.59 Å². The highest BCUT2D eigenvalue weighted by Crippen LogP contribution is 2.37. The number of thioether (sulfide) groups is 1. The van der Waals surface area contributed by atoms with Gasteiger partial charge in [0.05, 0.1) is 11.3 Å². The molecule has 2 amide bonds. The molecule has 1 heterocycles. The number of rotatable bonds is 7. The third-order valence-corrected chi connectivity index (χ3v) is 6.16. The van der Waals surface area contributed by atoms with E-state index < -0.39 is 0 Å². The molecule has 8 nitrogen and oxygen atoms in total. The van der Waals surface area contributed by atoms with E-state index in [9.17, 15) is 9.59 Å². The molecule has 0 bridgehead atoms. The second-order valence-electron chi connectivity index (χ2n) is 7.42. The SMILES string of the molecule is CC(Sc1nnnn1C1CC1)C(=O)Nc1ccc(C(=O)NC2CCCC2)cc1. The lowest BCUT2D eigenvalue weighted by molar-refractivity contribution is -0.115. The summed E-state index contributed by atoms with van der Waals surface area (Å²) in [7, 11) is 0. The van der Waals surface area contributed by atoms with Crippen LogP contribution in [0.3, 0.4) is 0 Å². The number of tetrazole rings is 1. The monoisotopic (exact) mass is 400 g/mol. The van der Waals surface area contributed by atoms with E-state index in [4.69, 9.17) is 0 Å². The third-order valence-electron chi connectivity index (χ3n) is 5.11. The summed E-state index contributed by atoms with van der Waals surface area (Å²) in [6.45, 7) is 1.83. The molecule has 2 aliphatic carbocycles. The van der Waals surface area contributed by atoms with Gasteiger partial charge < -0.3 is 10.6 Å². The van der Waals surface area contributed by atoms with Gasteiger partial charge in [0.15, 0.2) is 0 Å². The molecule has 1 aromatic heterocycles. The fourth-order valence-corrected chi connectivity index (χ4v) is 4.17. The average molecular weight is 401 g/mol. The van der Waals surface area contributed by atoms with Crippen molar-refractivity contribution in [3.8, 4) is 0 Å². The number of nitrogens with zero attached hydrogens (tertiary/aromatic N) is 4. The number of nitrogens with one attached hydrogen (secondary N) is 2. The van der Waals surface area contributed by atoms with Crippen LogP contribution >= 0.6 is 11.8 Å². The Balaban J connectivity index is 1.31. The van der Waals surface area contributed by atoms with E-state index in [1.54, 1.807) is 28.9 Å². The van der Waals surface area contributed by atoms with Crippen LogP contribution in [0.5, 0.6) is 0 Å². The normalized spacial score (nSPS) is 18.0. The van der Waals surface area contributed by atoms with E-state index in [0.29, 0.717) is 22.4 Å². The minimum atomic E-state index is -0.339. The maximum Gasteiger partial charge on any atom is 0.251 e. The highest BCUT2D eigenvalue weighted by atomic mass is 32.2. The molecule has 2 aromatic rings. The number of aromatic nitrogens is 4. The van der Waals surface area contributed by atoms with Crippen molar-refractivity contribution in [2.24, 2.45) is 0 Å². The molecule has 0 saturated heterocycles. The van der Waals surface area contributed by atoms with Gasteiger partial charge in [0.25, 0.3) is 5.91 Å². The molecule has 2 N–H and O–H groups in total. The Morgan fingerprint density at radius 2 is 1.86 bits per heavy atom. The highest BCUT2D eigenvalue weighted by molar-refractivity contribution is 8.00. The molecule has 28 heavy (non-hydrogen) atoms. The van der Waals surface area contributed by atoms with E-state index in [1.807, 2.05) is 6.92 Å². The van der Waals surface area contributed by atoms with Crippen LogP contribution in [0.25, 0.3) is 0 Å². The summed E-state index contributed by atoms with van der Waals surface area (Å²) in [5, 5.41) is 18.0. The summed E-state index contributed by atoms with van der Waals surface area (Å²) in [5.41, 5.74) is 1.27. The minimum absolute atomic E-state index is 0.0550. The van der Waals surface area contributed by atoms with Gasteiger partial charge in [-0.25, -0.2) is 4.68 Å². The third kappa shape index (κ3) is 4.52. The van der Waals surface area contributed by atoms with Crippen LogP contribution in [0.15, 0.2) is 29.4 Å². The Morgan fingerprint density at radius 3 is 2.54 bits per heavy atom. The van der Waals surface area contributed by atoms with Crippen LogP contribution in [0, 0.1) is 0 Å². The maximum atomic E-state index is 12.5. The first-order valence-electron chi connectivity index (χ1n) is 9.76. The summed E-state index contributed by atoms with van der Waals surface area (Å²) in [6, 6.07) is 7.66. The summed E-state index contributed by atoms with van der Waals surface area (Å²) < 4.78 is 1.80. The lowest BCUT2D eigenvalue weighted by Gasteiger charge is -2.13. The molecule has 2 aliphatic rings. The van der Waals surface area contributed by atoms with Crippen molar-refractivity contribution in [2.75, 3.05) is 5.32 Å². The van der Waals surface area contributed by atoms with Crippen molar-refractivity contribution >= 4 is 29.3 Å². The van der Waals surface area contributed by atoms with Gasteiger partial charge in [-0.15, -0.1) is 5.10 Å². The molecule has 0 radical (unpaired) electrons. The molecular formula is C19H24N6O2S. The van der Waals surface area contributed by atoms with E-state index in [-0.39, 0.29) is 23.1 Å². The molecule has 4 rings (SSSR count). The van der Waals surface area contributed by atoms with Crippen LogP contribution in [0.2, 0.25) is 0 Å². The van der Waals surface area contributed by atoms with Crippen molar-refractivity contribution in [1.29, 1.82) is 0 Å². The van der Waals surface area contributed by atoms with Crippen LogP contribution in [-0.4, -0.2) is 43.3 Å². The minimum Gasteiger partial charge on any atom is -0.349 e. The zero-order valence-electron chi connectivity index (χ0n) is 15.8. The van der Waals surface area contributed by atoms with Crippen molar-refractivity contribution in [1.82, 2.24) is 25.5 Å². The number of hydrogen-bond donors (Lipinski definition) is 2. The number of carbonyl (C=O) groups is 2. The van der Waals surface area contributed by atoms with Gasteiger partial charge in [0.1, 0.15) is 0 Å². The first kappa shape index (κ1) is 18.9.